The summed E-state index contributed by atoms with van der Waals surface area (Å²) in [4.78, 5) is 24.4. The number of fused-ring (bicyclic) bond motifs is 3. The topological polar surface area (TPSA) is 168 Å². The van der Waals surface area contributed by atoms with Gasteiger partial charge in [0.05, 0.1) is 35.1 Å². The van der Waals surface area contributed by atoms with Crippen molar-refractivity contribution in [2.45, 2.75) is 403 Å². The number of hydrogen-bond acceptors (Lipinski definition) is 10. The molecule has 17 heteroatoms. The van der Waals surface area contributed by atoms with E-state index >= 15 is 0 Å². The second-order valence-corrected chi connectivity index (χ2v) is 61.4. The Bertz CT molecular complexity index is 4900. The number of aliphatic hydroxyl groups excluding tert-OH is 1. The van der Waals surface area contributed by atoms with Crippen LogP contribution in [-0.2, 0) is 27.6 Å². The van der Waals surface area contributed by atoms with Gasteiger partial charge in [0.25, 0.3) is 0 Å². The average molecular weight is 2020 g/mol. The predicted octanol–water partition coefficient (Wildman–Crippen LogP) is 32.1. The molecule has 4 aromatic rings. The van der Waals surface area contributed by atoms with E-state index in [1.807, 2.05) is 199 Å². The highest BCUT2D eigenvalue weighted by Gasteiger charge is 2.52. The van der Waals surface area contributed by atoms with Gasteiger partial charge in [-0.1, -0.05) is 382 Å². The molecule has 0 aromatic heterocycles. The van der Waals surface area contributed by atoms with Gasteiger partial charge in [-0.2, -0.15) is 0 Å². The summed E-state index contributed by atoms with van der Waals surface area (Å²) in [5, 5.41) is 44.6. The molecule has 13 rings (SSSR count). The van der Waals surface area contributed by atoms with Gasteiger partial charge in [-0.15, -0.1) is 0 Å². The van der Waals surface area contributed by atoms with Crippen molar-refractivity contribution in [3.8, 4) is 0 Å². The second-order valence-electron chi connectivity index (χ2n) is 46.2. The van der Waals surface area contributed by atoms with Crippen molar-refractivity contribution in [2.75, 3.05) is 12.3 Å². The molecule has 6 saturated carbocycles. The minimum atomic E-state index is -2.90. The normalized spacial score (nSPS) is 27.1. The highest BCUT2D eigenvalue weighted by Crippen LogP contribution is 2.59. The van der Waals surface area contributed by atoms with Crippen molar-refractivity contribution in [1.29, 1.82) is 0 Å². The van der Waals surface area contributed by atoms with Crippen LogP contribution in [0.5, 0.6) is 0 Å². The SMILES string of the molecule is C.C.C=C1/C(=C\C=C2/CCC[C@]3(C)C([C@@H](C)C/C=C/C(O)(CC)CC)=CCC23)CC(O)C[C@@H]1F.C=C1/C(=C\CP(=O)(c2ccccc2)c2ccccc2)CC(O[Si](C)(C)C(C)(C)C)C[C@@H]1F.C=C1/C(=C\CP(=O)(c2ccccc2)c2ccccc2)CC(O[Si](C)(C)C(C)(C)C)C[C@@H]1F.CCC(O)(/C=C/C[C@H](C)C1=CCC2C(=O)CCC[C@]12C)CC.CCC(O)(/C=C/C[C@H](C)C1=CCC2C(=O)CCC[C@]12C)CC. The first kappa shape index (κ1) is 122. The van der Waals surface area contributed by atoms with Gasteiger partial charge in [0.2, 0.25) is 0 Å². The molecule has 0 bridgehead atoms. The Balaban J connectivity index is 0.000000242. The van der Waals surface area contributed by atoms with Crippen molar-refractivity contribution >= 4 is 63.7 Å². The first-order chi connectivity index (χ1) is 65.7. The van der Waals surface area contributed by atoms with Crippen molar-refractivity contribution in [3.63, 3.8) is 0 Å². The maximum atomic E-state index is 14.9. The Hall–Kier alpha value is -6.72. The number of carbonyl (C=O) groups is 2. The van der Waals surface area contributed by atoms with E-state index in [1.165, 1.54) is 29.6 Å². The highest BCUT2D eigenvalue weighted by molar-refractivity contribution is 7.79. The smallest absolute Gasteiger partial charge is 0.192 e. The largest absolute Gasteiger partial charge is 0.413 e. The van der Waals surface area contributed by atoms with Gasteiger partial charge in [0.1, 0.15) is 44.4 Å². The monoisotopic (exact) mass is 2020 g/mol. The van der Waals surface area contributed by atoms with Crippen LogP contribution >= 0.6 is 14.3 Å². The molecule has 6 unspecified atom stereocenters. The Morgan fingerprint density at radius 2 is 0.718 bits per heavy atom. The van der Waals surface area contributed by atoms with Crippen LogP contribution in [0.3, 0.4) is 0 Å². The molecule has 142 heavy (non-hydrogen) atoms. The molecule has 6 fully saturated rings. The first-order valence-corrected chi connectivity index (χ1v) is 62.9. The lowest BCUT2D eigenvalue weighted by Gasteiger charge is -2.42. The first-order valence-electron chi connectivity index (χ1n) is 53.3. The van der Waals surface area contributed by atoms with Crippen molar-refractivity contribution in [1.82, 2.24) is 0 Å². The van der Waals surface area contributed by atoms with Crippen LogP contribution in [0.25, 0.3) is 0 Å². The van der Waals surface area contributed by atoms with Gasteiger partial charge in [0.15, 0.2) is 16.6 Å². The fraction of sp³-hybridized carbons (Fsp3) is 0.584. The number of benzene rings is 4. The zero-order valence-electron chi connectivity index (χ0n) is 89.9. The van der Waals surface area contributed by atoms with Gasteiger partial charge >= 0.3 is 0 Å². The molecule has 0 spiro atoms. The van der Waals surface area contributed by atoms with E-state index in [2.05, 4.69) is 172 Å². The third kappa shape index (κ3) is 30.3. The van der Waals surface area contributed by atoms with Gasteiger partial charge in [-0.05, 0) is 251 Å². The molecule has 0 radical (unpaired) electrons. The standard InChI is InChI=1S/C29H43FO2.2C27H36FO2PSi.2C20H32O2.2CH4/c1-6-29(32,7-2)17-8-10-20(3)25-14-15-26-22(11-9-16-28(25,26)5)12-13-23-18-24(31)19-27(30)21(23)4;2*1-21-22(19-23(20-26(21)28)30-32(5,6)27(2,3)4)17-18-31(29,24-13-9-7-10-14-24)25-15-11-8-12-16-25;2*1-5-20(22,6-2)14-7-9-15(3)16-11-12-17-18(21)10-8-13-19(16,17)4;;/h8,12-14,17,20,24,26-27,31-32H,4,6-7,9-11,15-16,18-19H2,1-3,5H3;2*7-17,23,26H,1,18-20H2,2-6H3;2*7,11,14-15,17,22H,5-6,8-10,12-13H2,1-4H3;2*1H4/b17-8+,22-12+,23-13-;2*22-17-;2*14-7+;;/t20-,24?,26?,27-,28+;2*23?,26-;2*15-,17?,19+;;/m00000../s1. The molecule has 0 heterocycles. The van der Waals surface area contributed by atoms with Crippen LogP contribution in [-0.4, -0.2) is 115 Å². The van der Waals surface area contributed by atoms with Gasteiger partial charge in [-0.3, -0.25) is 9.59 Å². The van der Waals surface area contributed by atoms with Crippen LogP contribution in [0, 0.1) is 51.8 Å². The summed E-state index contributed by atoms with van der Waals surface area (Å²) in [6.45, 7) is 60.0. The van der Waals surface area contributed by atoms with E-state index in [9.17, 15) is 52.3 Å². The molecule has 15 atom stereocenters. The molecule has 4 N–H and O–H groups in total. The molecule has 786 valence electrons. The van der Waals surface area contributed by atoms with Crippen LogP contribution < -0.4 is 21.2 Å². The summed E-state index contributed by atoms with van der Waals surface area (Å²) < 4.78 is 85.7. The van der Waals surface area contributed by atoms with Crippen LogP contribution in [0.15, 0.2) is 276 Å². The zero-order chi connectivity index (χ0) is 103. The Labute approximate surface area is 861 Å². The number of alkyl halides is 3. The lowest BCUT2D eigenvalue weighted by molar-refractivity contribution is -0.128. The Morgan fingerprint density at radius 1 is 0.437 bits per heavy atom. The summed E-state index contributed by atoms with van der Waals surface area (Å²) >= 11 is 0. The number of hydrogen-bond donors (Lipinski definition) is 4. The van der Waals surface area contributed by atoms with Crippen molar-refractivity contribution < 1.29 is 61.2 Å². The van der Waals surface area contributed by atoms with Gasteiger partial charge in [-0.25, -0.2) is 13.2 Å². The molecule has 10 nitrogen and oxygen atoms in total. The van der Waals surface area contributed by atoms with E-state index in [0.29, 0.717) is 96.4 Å². The maximum Gasteiger partial charge on any atom is 0.192 e. The number of aliphatic hydroxyl groups is 4. The van der Waals surface area contributed by atoms with Gasteiger partial charge in [0, 0.05) is 77.5 Å². The molecular formula is C125H187F3O10P2Si2. The number of halogens is 3. The van der Waals surface area contributed by atoms with Crippen LogP contribution in [0.4, 0.5) is 13.2 Å². The third-order valence-electron chi connectivity index (χ3n) is 34.7. The van der Waals surface area contributed by atoms with E-state index < -0.39 is 72.3 Å². The summed E-state index contributed by atoms with van der Waals surface area (Å²) in [6, 6.07) is 38.4. The molecule has 9 aliphatic carbocycles. The number of allylic oxidation sites excluding steroid dienone is 17. The zero-order valence-corrected chi connectivity index (χ0v) is 93.7. The molecule has 0 saturated heterocycles. The van der Waals surface area contributed by atoms with Gasteiger partial charge < -0.3 is 38.4 Å². The molecule has 9 aliphatic rings. The number of Topliss-reactive ketones (excluding diaryl/α,β-unsaturated/α-hetero) is 2. The number of ketones is 2. The second kappa shape index (κ2) is 52.4. The Morgan fingerprint density at radius 3 is 1.02 bits per heavy atom. The van der Waals surface area contributed by atoms with E-state index in [4.69, 9.17) is 8.85 Å². The van der Waals surface area contributed by atoms with Crippen LogP contribution in [0.1, 0.15) is 313 Å². The van der Waals surface area contributed by atoms with E-state index in [0.717, 1.165) is 160 Å². The van der Waals surface area contributed by atoms with Crippen molar-refractivity contribution in [3.05, 3.63) is 276 Å². The lowest BCUT2D eigenvalue weighted by Crippen LogP contribution is -2.45. The van der Waals surface area contributed by atoms with E-state index in [-0.39, 0.29) is 71.6 Å². The summed E-state index contributed by atoms with van der Waals surface area (Å²) in [5.41, 5.74) is 8.44. The summed E-state index contributed by atoms with van der Waals surface area (Å²) in [6.07, 6.45) is 46.3. The minimum absolute atomic E-state index is 0. The van der Waals surface area contributed by atoms with Crippen molar-refractivity contribution in [2.24, 2.45) is 51.8 Å². The molecular weight excluding hydrogens is 1840 g/mol. The third-order valence-corrected chi connectivity index (χ3v) is 49.7. The fourth-order valence-electron chi connectivity index (χ4n) is 22.7. The number of carbonyl (C=O) groups excluding carboxylic acids is 2. The lowest BCUT2D eigenvalue weighted by atomic mass is 9.62. The minimum Gasteiger partial charge on any atom is -0.413 e. The average Bonchev–Trinajstić information content (AvgIpc) is 1.61. The number of rotatable bonds is 31. The maximum absolute atomic E-state index is 14.9. The van der Waals surface area contributed by atoms with E-state index in [1.54, 1.807) is 5.57 Å². The molecule has 0 amide bonds. The summed E-state index contributed by atoms with van der Waals surface area (Å²) in [5.74, 6) is 3.25. The van der Waals surface area contributed by atoms with Crippen LogP contribution in [0.2, 0.25) is 36.3 Å². The molecule has 0 aliphatic heterocycles. The fourth-order valence-corrected chi connectivity index (χ4v) is 30.5. The highest BCUT2D eigenvalue weighted by atomic mass is 31.2. The Kier molecular flexibility index (Phi) is 45.1. The summed E-state index contributed by atoms with van der Waals surface area (Å²) in [7, 11) is -9.83. The molecule has 4 aromatic carbocycles. The quantitative estimate of drug-likeness (QED) is 0.0216. The predicted molar refractivity (Wildman–Crippen MR) is 605 cm³/mol.